The zero-order chi connectivity index (χ0) is 17.5. The van der Waals surface area contributed by atoms with Gasteiger partial charge in [-0.25, -0.2) is 0 Å². The molecule has 3 heterocycles. The van der Waals surface area contributed by atoms with E-state index in [4.69, 9.17) is 0 Å². The number of amides is 1. The van der Waals surface area contributed by atoms with Crippen LogP contribution in [0.5, 0.6) is 0 Å². The van der Waals surface area contributed by atoms with Gasteiger partial charge < -0.3 is 20.4 Å². The summed E-state index contributed by atoms with van der Waals surface area (Å²) in [6.45, 7) is 7.67. The van der Waals surface area contributed by atoms with Crippen molar-refractivity contribution < 1.29 is 4.79 Å². The third kappa shape index (κ3) is 5.12. The quantitative estimate of drug-likeness (QED) is 0.755. The van der Waals surface area contributed by atoms with Crippen LogP contribution in [0, 0.1) is 0 Å². The molecule has 0 spiro atoms. The summed E-state index contributed by atoms with van der Waals surface area (Å²) in [6.07, 6.45) is 6.10. The predicted molar refractivity (Wildman–Crippen MR) is 98.5 cm³/mol. The number of carbonyl (C=O) groups is 1. The molecule has 7 nitrogen and oxygen atoms in total. The van der Waals surface area contributed by atoms with Crippen LogP contribution in [0.4, 0.5) is 5.82 Å². The highest BCUT2D eigenvalue weighted by atomic mass is 16.2. The predicted octanol–water partition coefficient (Wildman–Crippen LogP) is 0.636. The molecular weight excluding hydrogens is 316 g/mol. The van der Waals surface area contributed by atoms with E-state index in [1.54, 1.807) is 6.20 Å². The lowest BCUT2D eigenvalue weighted by Gasteiger charge is -2.31. The summed E-state index contributed by atoms with van der Waals surface area (Å²) in [5, 5.41) is 14.7. The third-order valence-electron chi connectivity index (χ3n) is 5.30. The Morgan fingerprint density at radius 3 is 2.84 bits per heavy atom. The topological polar surface area (TPSA) is 73.4 Å². The molecule has 7 heteroatoms. The van der Waals surface area contributed by atoms with Crippen LogP contribution in [0.15, 0.2) is 18.3 Å². The lowest BCUT2D eigenvalue weighted by Crippen LogP contribution is -2.48. The first-order valence-electron chi connectivity index (χ1n) is 9.53. The molecular formula is C18H30N6O. The third-order valence-corrected chi connectivity index (χ3v) is 5.30. The van der Waals surface area contributed by atoms with E-state index in [0.29, 0.717) is 18.6 Å². The largest absolute Gasteiger partial charge is 0.352 e. The Labute approximate surface area is 150 Å². The maximum atomic E-state index is 12.2. The van der Waals surface area contributed by atoms with Crippen LogP contribution in [0.25, 0.3) is 0 Å². The molecule has 0 aliphatic carbocycles. The number of aromatic nitrogens is 2. The minimum atomic E-state index is 0.110. The Kier molecular flexibility index (Phi) is 6.58. The lowest BCUT2D eigenvalue weighted by atomic mass is 10.1. The zero-order valence-corrected chi connectivity index (χ0v) is 15.2. The van der Waals surface area contributed by atoms with Crippen molar-refractivity contribution in [3.63, 3.8) is 0 Å². The SMILES string of the molecule is CCN1CCC(NC(=O)CNC[C@@H]2CCCN2c2cccnn2)CC1. The maximum absolute atomic E-state index is 12.2. The van der Waals surface area contributed by atoms with Crippen LogP contribution in [-0.2, 0) is 4.79 Å². The van der Waals surface area contributed by atoms with E-state index in [1.807, 2.05) is 12.1 Å². The normalized spacial score (nSPS) is 22.3. The van der Waals surface area contributed by atoms with Gasteiger partial charge in [-0.1, -0.05) is 6.92 Å². The van der Waals surface area contributed by atoms with Gasteiger partial charge in [0, 0.05) is 44.5 Å². The van der Waals surface area contributed by atoms with Crippen LogP contribution >= 0.6 is 0 Å². The van der Waals surface area contributed by atoms with Crippen molar-refractivity contribution >= 4 is 11.7 Å². The molecule has 0 bridgehead atoms. The number of hydrogen-bond donors (Lipinski definition) is 2. The van der Waals surface area contributed by atoms with E-state index in [2.05, 4.69) is 37.6 Å². The molecule has 1 aromatic rings. The van der Waals surface area contributed by atoms with E-state index >= 15 is 0 Å². The molecule has 2 fully saturated rings. The Bertz CT molecular complexity index is 532. The molecule has 25 heavy (non-hydrogen) atoms. The van der Waals surface area contributed by atoms with Crippen molar-refractivity contribution in [3.8, 4) is 0 Å². The Balaban J connectivity index is 1.37. The smallest absolute Gasteiger partial charge is 0.234 e. The van der Waals surface area contributed by atoms with E-state index in [0.717, 1.165) is 64.2 Å². The molecule has 1 atom stereocenters. The van der Waals surface area contributed by atoms with Crippen molar-refractivity contribution in [2.45, 2.75) is 44.7 Å². The molecule has 2 saturated heterocycles. The Morgan fingerprint density at radius 1 is 1.28 bits per heavy atom. The second-order valence-corrected chi connectivity index (χ2v) is 6.98. The molecule has 138 valence electrons. The van der Waals surface area contributed by atoms with Crippen molar-refractivity contribution in [1.29, 1.82) is 0 Å². The monoisotopic (exact) mass is 346 g/mol. The summed E-state index contributed by atoms with van der Waals surface area (Å²) in [4.78, 5) is 16.9. The summed E-state index contributed by atoms with van der Waals surface area (Å²) < 4.78 is 0. The summed E-state index contributed by atoms with van der Waals surface area (Å²) in [7, 11) is 0. The fourth-order valence-corrected chi connectivity index (χ4v) is 3.82. The summed E-state index contributed by atoms with van der Waals surface area (Å²) >= 11 is 0. The van der Waals surface area contributed by atoms with Gasteiger partial charge in [0.1, 0.15) is 0 Å². The number of rotatable bonds is 7. The number of carbonyl (C=O) groups excluding carboxylic acids is 1. The van der Waals surface area contributed by atoms with Crippen molar-refractivity contribution in [3.05, 3.63) is 18.3 Å². The van der Waals surface area contributed by atoms with Gasteiger partial charge in [-0.05, 0) is 44.4 Å². The summed E-state index contributed by atoms with van der Waals surface area (Å²) in [6, 6.07) is 4.64. The number of hydrogen-bond acceptors (Lipinski definition) is 6. The van der Waals surface area contributed by atoms with Crippen LogP contribution in [0.1, 0.15) is 32.6 Å². The Hall–Kier alpha value is -1.73. The minimum Gasteiger partial charge on any atom is -0.352 e. The molecule has 2 aliphatic heterocycles. The average Bonchev–Trinajstić information content (AvgIpc) is 3.11. The van der Waals surface area contributed by atoms with Gasteiger partial charge in [-0.2, -0.15) is 5.10 Å². The van der Waals surface area contributed by atoms with E-state index in [1.165, 1.54) is 0 Å². The van der Waals surface area contributed by atoms with Gasteiger partial charge in [-0.15, -0.1) is 5.10 Å². The first-order chi connectivity index (χ1) is 12.3. The highest BCUT2D eigenvalue weighted by Crippen LogP contribution is 2.22. The molecule has 0 radical (unpaired) electrons. The van der Waals surface area contributed by atoms with Gasteiger partial charge >= 0.3 is 0 Å². The molecule has 2 N–H and O–H groups in total. The molecule has 0 aromatic carbocycles. The first kappa shape index (κ1) is 18.1. The molecule has 2 aliphatic rings. The van der Waals surface area contributed by atoms with Gasteiger partial charge in [0.15, 0.2) is 5.82 Å². The number of nitrogens with one attached hydrogen (secondary N) is 2. The fraction of sp³-hybridized carbons (Fsp3) is 0.722. The van der Waals surface area contributed by atoms with Crippen LogP contribution in [0.3, 0.4) is 0 Å². The van der Waals surface area contributed by atoms with Crippen LogP contribution in [0.2, 0.25) is 0 Å². The lowest BCUT2D eigenvalue weighted by molar-refractivity contribution is -0.121. The first-order valence-corrected chi connectivity index (χ1v) is 9.53. The van der Waals surface area contributed by atoms with Crippen molar-refractivity contribution in [2.24, 2.45) is 0 Å². The second kappa shape index (κ2) is 9.10. The van der Waals surface area contributed by atoms with Gasteiger partial charge in [0.2, 0.25) is 5.91 Å². The zero-order valence-electron chi connectivity index (χ0n) is 15.2. The van der Waals surface area contributed by atoms with E-state index in [-0.39, 0.29) is 5.91 Å². The summed E-state index contributed by atoms with van der Waals surface area (Å²) in [5.74, 6) is 1.04. The standard InChI is InChI=1S/C18H30N6O/c1-2-23-11-7-15(8-12-23)21-18(25)14-19-13-16-5-4-10-24(16)17-6-3-9-20-22-17/h3,6,9,15-16,19H,2,4-5,7-8,10-14H2,1H3,(H,21,25)/t16-/m0/s1. The second-order valence-electron chi connectivity index (χ2n) is 6.98. The van der Waals surface area contributed by atoms with Crippen molar-refractivity contribution in [2.75, 3.05) is 44.2 Å². The number of likely N-dealkylation sites (tertiary alicyclic amines) is 1. The van der Waals surface area contributed by atoms with Crippen molar-refractivity contribution in [1.82, 2.24) is 25.7 Å². The molecule has 3 rings (SSSR count). The molecule has 0 saturated carbocycles. The number of anilines is 1. The minimum absolute atomic E-state index is 0.110. The van der Waals surface area contributed by atoms with Gasteiger partial charge in [0.25, 0.3) is 0 Å². The van der Waals surface area contributed by atoms with E-state index < -0.39 is 0 Å². The highest BCUT2D eigenvalue weighted by Gasteiger charge is 2.26. The highest BCUT2D eigenvalue weighted by molar-refractivity contribution is 5.78. The fourth-order valence-electron chi connectivity index (χ4n) is 3.82. The van der Waals surface area contributed by atoms with Crippen LogP contribution in [-0.4, -0.2) is 72.4 Å². The van der Waals surface area contributed by atoms with E-state index in [9.17, 15) is 4.79 Å². The Morgan fingerprint density at radius 2 is 2.12 bits per heavy atom. The molecule has 1 aromatic heterocycles. The molecule has 1 amide bonds. The van der Waals surface area contributed by atoms with Gasteiger partial charge in [0.05, 0.1) is 6.54 Å². The maximum Gasteiger partial charge on any atom is 0.234 e. The average molecular weight is 346 g/mol. The number of piperidine rings is 1. The summed E-state index contributed by atoms with van der Waals surface area (Å²) in [5.41, 5.74) is 0. The van der Waals surface area contributed by atoms with Crippen LogP contribution < -0.4 is 15.5 Å². The molecule has 0 unspecified atom stereocenters. The van der Waals surface area contributed by atoms with Gasteiger partial charge in [-0.3, -0.25) is 4.79 Å². The number of nitrogens with zero attached hydrogens (tertiary/aromatic N) is 4.